The van der Waals surface area contributed by atoms with Gasteiger partial charge in [-0.25, -0.2) is 4.98 Å². The van der Waals surface area contributed by atoms with Crippen LogP contribution in [-0.4, -0.2) is 24.2 Å². The number of nitrogen functional groups attached to an aromatic ring is 1. The summed E-state index contributed by atoms with van der Waals surface area (Å²) in [6.45, 7) is -0.290. The van der Waals surface area contributed by atoms with E-state index in [1.165, 1.54) is 15.5 Å². The van der Waals surface area contributed by atoms with E-state index in [1.54, 1.807) is 0 Å². The second-order valence-corrected chi connectivity index (χ2v) is 4.26. The molecule has 1 saturated carbocycles. The van der Waals surface area contributed by atoms with Crippen molar-refractivity contribution in [1.29, 1.82) is 0 Å². The molecule has 0 atom stereocenters. The van der Waals surface area contributed by atoms with Gasteiger partial charge in [-0.05, 0) is 19.3 Å². The zero-order valence-corrected chi connectivity index (χ0v) is 9.20. The quantitative estimate of drug-likeness (QED) is 0.754. The van der Waals surface area contributed by atoms with Gasteiger partial charge in [0.1, 0.15) is 6.73 Å². The van der Waals surface area contributed by atoms with E-state index in [0.29, 0.717) is 5.52 Å². The Hall–Kier alpha value is -1.89. The number of rotatable bonds is 2. The molecular weight excluding hydrogens is 222 g/mol. The number of nitrogens with zero attached hydrogens (tertiary/aromatic N) is 4. The fourth-order valence-electron chi connectivity index (χ4n) is 2.16. The van der Waals surface area contributed by atoms with Crippen molar-refractivity contribution in [3.05, 3.63) is 16.7 Å². The molecule has 1 aliphatic rings. The van der Waals surface area contributed by atoms with Crippen LogP contribution < -0.4 is 11.3 Å². The summed E-state index contributed by atoms with van der Waals surface area (Å²) in [6, 6.07) is 0.140. The van der Waals surface area contributed by atoms with Crippen molar-refractivity contribution in [3.8, 4) is 0 Å². The monoisotopic (exact) mass is 235 g/mol. The first-order valence-electron chi connectivity index (χ1n) is 5.56. The van der Waals surface area contributed by atoms with Gasteiger partial charge >= 0.3 is 0 Å². The van der Waals surface area contributed by atoms with Crippen LogP contribution >= 0.6 is 0 Å². The smallest absolute Gasteiger partial charge is 0.281 e. The van der Waals surface area contributed by atoms with Crippen LogP contribution in [0.4, 0.5) is 5.95 Å². The Morgan fingerprint density at radius 3 is 2.88 bits per heavy atom. The normalized spacial score (nSPS) is 16.3. The Labute approximate surface area is 96.5 Å². The molecule has 90 valence electrons. The summed E-state index contributed by atoms with van der Waals surface area (Å²) in [5, 5.41) is 9.13. The fourth-order valence-corrected chi connectivity index (χ4v) is 2.16. The molecular formula is C10H13N5O2. The van der Waals surface area contributed by atoms with Crippen molar-refractivity contribution in [1.82, 2.24) is 19.1 Å². The summed E-state index contributed by atoms with van der Waals surface area (Å²) < 4.78 is 2.89. The molecule has 0 amide bonds. The average molecular weight is 235 g/mol. The minimum Gasteiger partial charge on any atom is -0.376 e. The number of anilines is 1. The standard InChI is InChI=1S/C10H13N5O2/c11-10-13-8-7(14(5-16)4-12-8)9(17)15(10)6-2-1-3-6/h4,6,16H,1-3,5H2,(H2,11,13). The third-order valence-electron chi connectivity index (χ3n) is 3.30. The maximum absolute atomic E-state index is 12.3. The summed E-state index contributed by atoms with van der Waals surface area (Å²) in [5.74, 6) is 0.204. The minimum atomic E-state index is -0.290. The lowest BCUT2D eigenvalue weighted by Crippen LogP contribution is -2.32. The van der Waals surface area contributed by atoms with E-state index in [2.05, 4.69) is 9.97 Å². The van der Waals surface area contributed by atoms with Gasteiger partial charge in [0.25, 0.3) is 5.56 Å². The maximum atomic E-state index is 12.3. The van der Waals surface area contributed by atoms with E-state index in [9.17, 15) is 4.79 Å². The molecule has 2 aromatic heterocycles. The first-order valence-corrected chi connectivity index (χ1v) is 5.56. The van der Waals surface area contributed by atoms with Crippen LogP contribution in [0, 0.1) is 0 Å². The average Bonchev–Trinajstić information content (AvgIpc) is 2.64. The van der Waals surface area contributed by atoms with E-state index in [0.717, 1.165) is 19.3 Å². The molecule has 3 N–H and O–H groups in total. The van der Waals surface area contributed by atoms with Crippen LogP contribution in [0.15, 0.2) is 11.1 Å². The second-order valence-electron chi connectivity index (χ2n) is 4.26. The lowest BCUT2D eigenvalue weighted by atomic mass is 9.93. The first kappa shape index (κ1) is 10.3. The fraction of sp³-hybridized carbons (Fsp3) is 0.500. The SMILES string of the molecule is Nc1nc2ncn(CO)c2c(=O)n1C1CCC1. The Balaban J connectivity index is 2.31. The second kappa shape index (κ2) is 3.56. The van der Waals surface area contributed by atoms with Gasteiger partial charge in [-0.2, -0.15) is 4.98 Å². The van der Waals surface area contributed by atoms with Gasteiger partial charge < -0.3 is 15.4 Å². The lowest BCUT2D eigenvalue weighted by molar-refractivity contribution is 0.214. The van der Waals surface area contributed by atoms with Gasteiger partial charge in [-0.3, -0.25) is 9.36 Å². The van der Waals surface area contributed by atoms with Crippen molar-refractivity contribution in [2.75, 3.05) is 5.73 Å². The number of hydrogen-bond donors (Lipinski definition) is 2. The summed E-state index contributed by atoms with van der Waals surface area (Å²) in [5.41, 5.74) is 6.17. The summed E-state index contributed by atoms with van der Waals surface area (Å²) in [7, 11) is 0. The third-order valence-corrected chi connectivity index (χ3v) is 3.30. The van der Waals surface area contributed by atoms with Gasteiger partial charge in [0.05, 0.1) is 6.33 Å². The maximum Gasteiger partial charge on any atom is 0.281 e. The minimum absolute atomic E-state index is 0.140. The molecule has 3 rings (SSSR count). The molecule has 0 aromatic carbocycles. The lowest BCUT2D eigenvalue weighted by Gasteiger charge is -2.28. The van der Waals surface area contributed by atoms with Crippen molar-refractivity contribution < 1.29 is 5.11 Å². The van der Waals surface area contributed by atoms with Crippen molar-refractivity contribution >= 4 is 17.1 Å². The summed E-state index contributed by atoms with van der Waals surface area (Å²) in [4.78, 5) is 20.4. The molecule has 1 aliphatic carbocycles. The Morgan fingerprint density at radius 1 is 1.53 bits per heavy atom. The molecule has 17 heavy (non-hydrogen) atoms. The van der Waals surface area contributed by atoms with Crippen LogP contribution in [0.3, 0.4) is 0 Å². The molecule has 0 bridgehead atoms. The summed E-state index contributed by atoms with van der Waals surface area (Å²) in [6.07, 6.45) is 4.40. The molecule has 7 nitrogen and oxygen atoms in total. The zero-order valence-electron chi connectivity index (χ0n) is 9.20. The van der Waals surface area contributed by atoms with Crippen LogP contribution in [0.5, 0.6) is 0 Å². The third kappa shape index (κ3) is 1.35. The van der Waals surface area contributed by atoms with Crippen LogP contribution in [0.2, 0.25) is 0 Å². The molecule has 1 fully saturated rings. The van der Waals surface area contributed by atoms with Crippen LogP contribution in [0.25, 0.3) is 11.2 Å². The van der Waals surface area contributed by atoms with E-state index in [-0.39, 0.29) is 29.9 Å². The molecule has 0 aliphatic heterocycles. The zero-order chi connectivity index (χ0) is 12.0. The van der Waals surface area contributed by atoms with Crippen molar-refractivity contribution in [2.45, 2.75) is 32.0 Å². The topological polar surface area (TPSA) is 99.0 Å². The number of imidazole rings is 1. The van der Waals surface area contributed by atoms with Gasteiger partial charge in [0.2, 0.25) is 5.95 Å². The van der Waals surface area contributed by atoms with Crippen LogP contribution in [0.1, 0.15) is 25.3 Å². The number of aliphatic hydroxyl groups excluding tert-OH is 1. The number of aromatic nitrogens is 4. The Bertz CT molecular complexity index is 625. The highest BCUT2D eigenvalue weighted by atomic mass is 16.3. The number of hydrogen-bond acceptors (Lipinski definition) is 5. The highest BCUT2D eigenvalue weighted by molar-refractivity contribution is 5.70. The van der Waals surface area contributed by atoms with E-state index >= 15 is 0 Å². The first-order chi connectivity index (χ1) is 8.22. The summed E-state index contributed by atoms with van der Waals surface area (Å²) >= 11 is 0. The highest BCUT2D eigenvalue weighted by Crippen LogP contribution is 2.31. The van der Waals surface area contributed by atoms with Gasteiger partial charge in [-0.1, -0.05) is 0 Å². The molecule has 2 aromatic rings. The number of fused-ring (bicyclic) bond motifs is 1. The molecule has 0 radical (unpaired) electrons. The van der Waals surface area contributed by atoms with Crippen molar-refractivity contribution in [3.63, 3.8) is 0 Å². The largest absolute Gasteiger partial charge is 0.376 e. The van der Waals surface area contributed by atoms with Crippen LogP contribution in [-0.2, 0) is 6.73 Å². The molecule has 7 heteroatoms. The van der Waals surface area contributed by atoms with E-state index < -0.39 is 0 Å². The molecule has 0 unspecified atom stereocenters. The van der Waals surface area contributed by atoms with E-state index in [1.807, 2.05) is 0 Å². The van der Waals surface area contributed by atoms with Gasteiger partial charge in [0, 0.05) is 6.04 Å². The Morgan fingerprint density at radius 2 is 2.29 bits per heavy atom. The molecule has 2 heterocycles. The Kier molecular flexibility index (Phi) is 2.15. The van der Waals surface area contributed by atoms with Gasteiger partial charge in [-0.15, -0.1) is 0 Å². The predicted molar refractivity (Wildman–Crippen MR) is 61.3 cm³/mol. The highest BCUT2D eigenvalue weighted by Gasteiger charge is 2.25. The number of aliphatic hydroxyl groups is 1. The number of nitrogens with two attached hydrogens (primary N) is 1. The van der Waals surface area contributed by atoms with Crippen molar-refractivity contribution in [2.24, 2.45) is 0 Å². The predicted octanol–water partition coefficient (Wildman–Crippen LogP) is -0.150. The van der Waals surface area contributed by atoms with Gasteiger partial charge in [0.15, 0.2) is 11.2 Å². The molecule has 0 spiro atoms. The van der Waals surface area contributed by atoms with E-state index in [4.69, 9.17) is 10.8 Å². The molecule has 0 saturated heterocycles.